The molecular formula is C21H22FN3O4. The summed E-state index contributed by atoms with van der Waals surface area (Å²) in [7, 11) is 1.52. The molecular weight excluding hydrogens is 377 g/mol. The van der Waals surface area contributed by atoms with E-state index in [2.05, 4.69) is 9.97 Å². The van der Waals surface area contributed by atoms with Crippen molar-refractivity contribution in [2.24, 2.45) is 5.92 Å². The van der Waals surface area contributed by atoms with Crippen molar-refractivity contribution in [3.8, 4) is 17.1 Å². The fourth-order valence-electron chi connectivity index (χ4n) is 3.50. The van der Waals surface area contributed by atoms with E-state index >= 15 is 0 Å². The zero-order valence-electron chi connectivity index (χ0n) is 15.9. The first-order chi connectivity index (χ1) is 14.2. The van der Waals surface area contributed by atoms with Crippen LogP contribution in [0.15, 0.2) is 55.1 Å². The first-order valence-electron chi connectivity index (χ1n) is 9.09. The van der Waals surface area contributed by atoms with Crippen LogP contribution in [0.3, 0.4) is 0 Å². The van der Waals surface area contributed by atoms with Crippen LogP contribution in [0.5, 0.6) is 5.75 Å². The first-order valence-corrected chi connectivity index (χ1v) is 9.09. The fraction of sp³-hybridized carbons (Fsp3) is 0.286. The molecule has 1 aliphatic heterocycles. The lowest BCUT2D eigenvalue weighted by molar-refractivity contribution is -0.122. The second kappa shape index (κ2) is 9.79. The van der Waals surface area contributed by atoms with Gasteiger partial charge in [0.15, 0.2) is 0 Å². The third-order valence-electron chi connectivity index (χ3n) is 4.86. The van der Waals surface area contributed by atoms with Gasteiger partial charge in [0.25, 0.3) is 6.47 Å². The standard InChI is InChI=1S/C20H20FN3O2.CH2O2/c1-25-16-2-3-17(18(21)11-16)20-23-8-9-24(20)19-13-26-12-15(19)10-14-4-6-22-7-5-14;2-1-3/h2-9,11,15,19H,10,12-13H2,1H3;1H,(H,2,3)/t15-,19+;/m0./s1. The number of halogens is 1. The van der Waals surface area contributed by atoms with Gasteiger partial charge in [-0.25, -0.2) is 9.37 Å². The molecule has 3 heterocycles. The molecule has 1 saturated heterocycles. The van der Waals surface area contributed by atoms with Gasteiger partial charge in [-0.1, -0.05) is 0 Å². The molecule has 2 aromatic heterocycles. The Balaban J connectivity index is 0.000000755. The quantitative estimate of drug-likeness (QED) is 0.663. The van der Waals surface area contributed by atoms with Gasteiger partial charge in [0, 0.05) is 36.8 Å². The Bertz CT molecular complexity index is 933. The molecule has 4 rings (SSSR count). The maximum atomic E-state index is 14.5. The molecule has 1 N–H and O–H groups in total. The van der Waals surface area contributed by atoms with E-state index in [1.165, 1.54) is 18.7 Å². The molecule has 0 unspecified atom stereocenters. The molecule has 3 aromatic rings. The van der Waals surface area contributed by atoms with Crippen LogP contribution in [0.4, 0.5) is 4.39 Å². The van der Waals surface area contributed by atoms with Crippen LogP contribution >= 0.6 is 0 Å². The Morgan fingerprint density at radius 3 is 2.72 bits per heavy atom. The lowest BCUT2D eigenvalue weighted by atomic mass is 9.95. The van der Waals surface area contributed by atoms with Gasteiger partial charge in [0.1, 0.15) is 17.4 Å². The molecule has 7 nitrogen and oxygen atoms in total. The van der Waals surface area contributed by atoms with Crippen molar-refractivity contribution < 1.29 is 23.8 Å². The number of pyridine rings is 1. The smallest absolute Gasteiger partial charge is 0.290 e. The van der Waals surface area contributed by atoms with Gasteiger partial charge in [-0.2, -0.15) is 0 Å². The first kappa shape index (κ1) is 20.5. The van der Waals surface area contributed by atoms with Gasteiger partial charge in [0.2, 0.25) is 0 Å². The highest BCUT2D eigenvalue weighted by Crippen LogP contribution is 2.34. The number of carboxylic acid groups (broad SMARTS) is 1. The van der Waals surface area contributed by atoms with Crippen LogP contribution < -0.4 is 4.74 Å². The molecule has 2 atom stereocenters. The topological polar surface area (TPSA) is 86.5 Å². The van der Waals surface area contributed by atoms with Gasteiger partial charge >= 0.3 is 0 Å². The van der Waals surface area contributed by atoms with Gasteiger partial charge in [-0.15, -0.1) is 0 Å². The monoisotopic (exact) mass is 399 g/mol. The second-order valence-electron chi connectivity index (χ2n) is 6.53. The van der Waals surface area contributed by atoms with E-state index in [0.717, 1.165) is 6.42 Å². The highest BCUT2D eigenvalue weighted by atomic mass is 19.1. The highest BCUT2D eigenvalue weighted by Gasteiger charge is 2.31. The van der Waals surface area contributed by atoms with Crippen LogP contribution in [-0.4, -0.2) is 46.4 Å². The number of hydrogen-bond acceptors (Lipinski definition) is 5. The minimum Gasteiger partial charge on any atom is -0.497 e. The molecule has 0 spiro atoms. The largest absolute Gasteiger partial charge is 0.497 e. The van der Waals surface area contributed by atoms with Gasteiger partial charge < -0.3 is 19.1 Å². The minimum absolute atomic E-state index is 0.113. The summed E-state index contributed by atoms with van der Waals surface area (Å²) >= 11 is 0. The van der Waals surface area contributed by atoms with Crippen molar-refractivity contribution in [3.63, 3.8) is 0 Å². The Kier molecular flexibility index (Phi) is 6.91. The molecule has 8 heteroatoms. The Morgan fingerprint density at radius 2 is 2.03 bits per heavy atom. The molecule has 0 amide bonds. The minimum atomic E-state index is -0.346. The van der Waals surface area contributed by atoms with Crippen molar-refractivity contribution in [2.45, 2.75) is 12.5 Å². The lowest BCUT2D eigenvalue weighted by Crippen LogP contribution is -2.20. The van der Waals surface area contributed by atoms with Gasteiger partial charge in [0.05, 0.1) is 31.9 Å². The number of aromatic nitrogens is 3. The van der Waals surface area contributed by atoms with Crippen molar-refractivity contribution in [3.05, 3.63) is 66.5 Å². The molecule has 0 saturated carbocycles. The number of rotatable bonds is 5. The Morgan fingerprint density at radius 1 is 1.28 bits per heavy atom. The van der Waals surface area contributed by atoms with E-state index in [0.29, 0.717) is 36.3 Å². The average Bonchev–Trinajstić information content (AvgIpc) is 3.38. The van der Waals surface area contributed by atoms with Crippen LogP contribution in [0.25, 0.3) is 11.4 Å². The summed E-state index contributed by atoms with van der Waals surface area (Å²) in [5.74, 6) is 1.05. The zero-order valence-corrected chi connectivity index (χ0v) is 15.9. The van der Waals surface area contributed by atoms with Crippen LogP contribution in [0.1, 0.15) is 11.6 Å². The predicted octanol–water partition coefficient (Wildman–Crippen LogP) is 3.22. The lowest BCUT2D eigenvalue weighted by Gasteiger charge is -2.21. The van der Waals surface area contributed by atoms with E-state index in [1.54, 1.807) is 30.7 Å². The molecule has 1 aromatic carbocycles. The van der Waals surface area contributed by atoms with Gasteiger partial charge in [-0.05, 0) is 36.2 Å². The summed E-state index contributed by atoms with van der Waals surface area (Å²) in [5, 5.41) is 6.89. The summed E-state index contributed by atoms with van der Waals surface area (Å²) in [6.07, 6.45) is 8.10. The predicted molar refractivity (Wildman–Crippen MR) is 104 cm³/mol. The molecule has 0 aliphatic carbocycles. The number of benzene rings is 1. The SMILES string of the molecule is COc1ccc(-c2nccn2[C@@H]2COC[C@@H]2Cc2ccncc2)c(F)c1.O=CO. The van der Waals surface area contributed by atoms with E-state index in [4.69, 9.17) is 19.4 Å². The number of methoxy groups -OCH3 is 1. The van der Waals surface area contributed by atoms with E-state index < -0.39 is 0 Å². The van der Waals surface area contributed by atoms with Crippen LogP contribution in [-0.2, 0) is 16.0 Å². The molecule has 0 radical (unpaired) electrons. The summed E-state index contributed by atoms with van der Waals surface area (Å²) in [5.41, 5.74) is 1.68. The zero-order chi connectivity index (χ0) is 20.6. The summed E-state index contributed by atoms with van der Waals surface area (Å²) in [6, 6.07) is 8.99. The number of ether oxygens (including phenoxy) is 2. The van der Waals surface area contributed by atoms with Crippen molar-refractivity contribution in [1.82, 2.24) is 14.5 Å². The second-order valence-corrected chi connectivity index (χ2v) is 6.53. The van der Waals surface area contributed by atoms with E-state index in [9.17, 15) is 4.39 Å². The molecule has 152 valence electrons. The summed E-state index contributed by atoms with van der Waals surface area (Å²) in [4.78, 5) is 16.8. The molecule has 1 fully saturated rings. The maximum absolute atomic E-state index is 14.5. The summed E-state index contributed by atoms with van der Waals surface area (Å²) < 4.78 is 27.4. The fourth-order valence-corrected chi connectivity index (χ4v) is 3.50. The maximum Gasteiger partial charge on any atom is 0.290 e. The van der Waals surface area contributed by atoms with Crippen molar-refractivity contribution >= 4 is 6.47 Å². The average molecular weight is 399 g/mol. The number of carbonyl (C=O) groups is 1. The van der Waals surface area contributed by atoms with Crippen molar-refractivity contribution in [1.29, 1.82) is 0 Å². The summed E-state index contributed by atoms with van der Waals surface area (Å²) in [6.45, 7) is 1.02. The van der Waals surface area contributed by atoms with E-state index in [1.807, 2.05) is 22.9 Å². The number of imidazole rings is 1. The number of hydrogen-bond donors (Lipinski definition) is 1. The third kappa shape index (κ3) is 4.78. The number of nitrogens with zero attached hydrogens (tertiary/aromatic N) is 3. The van der Waals surface area contributed by atoms with Gasteiger partial charge in [-0.3, -0.25) is 9.78 Å². The normalized spacial score (nSPS) is 18.0. The molecule has 29 heavy (non-hydrogen) atoms. The Hall–Kier alpha value is -3.26. The van der Waals surface area contributed by atoms with Crippen molar-refractivity contribution in [2.75, 3.05) is 20.3 Å². The molecule has 1 aliphatic rings. The third-order valence-corrected chi connectivity index (χ3v) is 4.86. The highest BCUT2D eigenvalue weighted by molar-refractivity contribution is 5.58. The van der Waals surface area contributed by atoms with E-state index in [-0.39, 0.29) is 18.3 Å². The Labute approximate surface area is 167 Å². The van der Waals surface area contributed by atoms with Crippen LogP contribution in [0, 0.1) is 11.7 Å². The van der Waals surface area contributed by atoms with Crippen LogP contribution in [0.2, 0.25) is 0 Å². The molecule has 0 bridgehead atoms.